The van der Waals surface area contributed by atoms with E-state index in [1.807, 2.05) is 5.38 Å². The Labute approximate surface area is 127 Å². The molecule has 1 fully saturated rings. The van der Waals surface area contributed by atoms with Gasteiger partial charge >= 0.3 is 5.97 Å². The van der Waals surface area contributed by atoms with Gasteiger partial charge < -0.3 is 15.0 Å². The van der Waals surface area contributed by atoms with Crippen LogP contribution in [0.25, 0.3) is 0 Å². The summed E-state index contributed by atoms with van der Waals surface area (Å²) in [7, 11) is 1.32. The van der Waals surface area contributed by atoms with E-state index in [1.54, 1.807) is 17.0 Å². The summed E-state index contributed by atoms with van der Waals surface area (Å²) in [6.07, 6.45) is 1.62. The fraction of sp³-hybridized carbons (Fsp3) is 0.500. The molecule has 1 aliphatic heterocycles. The molecule has 0 radical (unpaired) electrons. The number of hydrogen-bond donors (Lipinski definition) is 1. The largest absolute Gasteiger partial charge is 0.467 e. The molecule has 0 spiro atoms. The maximum Gasteiger partial charge on any atom is 0.328 e. The third-order valence-corrected chi connectivity index (χ3v) is 4.28. The molecular formula is C14H18N2O4S. The van der Waals surface area contributed by atoms with Crippen molar-refractivity contribution in [3.63, 3.8) is 0 Å². The molecule has 2 amide bonds. The van der Waals surface area contributed by atoms with Gasteiger partial charge in [-0.1, -0.05) is 6.07 Å². The number of methoxy groups -OCH3 is 1. The van der Waals surface area contributed by atoms with Gasteiger partial charge in [-0.05, 0) is 24.3 Å². The second kappa shape index (κ2) is 7.21. The summed E-state index contributed by atoms with van der Waals surface area (Å²) in [6, 6.07) is 3.06. The highest BCUT2D eigenvalue weighted by molar-refractivity contribution is 7.12. The average molecular weight is 310 g/mol. The summed E-state index contributed by atoms with van der Waals surface area (Å²) in [5.74, 6) is -0.679. The van der Waals surface area contributed by atoms with E-state index < -0.39 is 6.04 Å². The van der Waals surface area contributed by atoms with E-state index in [0.29, 0.717) is 17.8 Å². The summed E-state index contributed by atoms with van der Waals surface area (Å²) in [4.78, 5) is 37.6. The Morgan fingerprint density at radius 1 is 1.48 bits per heavy atom. The number of carbonyl (C=O) groups is 3. The first-order chi connectivity index (χ1) is 10.1. The van der Waals surface area contributed by atoms with E-state index in [0.717, 1.165) is 6.42 Å². The van der Waals surface area contributed by atoms with Gasteiger partial charge in [0.25, 0.3) is 5.91 Å². The summed E-state index contributed by atoms with van der Waals surface area (Å²) < 4.78 is 4.71. The SMILES string of the molecule is COC(=O)C1CCCN1C(=O)CCNC(=O)c1cccs1. The summed E-state index contributed by atoms with van der Waals surface area (Å²) >= 11 is 1.35. The van der Waals surface area contributed by atoms with Crippen LogP contribution in [0.4, 0.5) is 0 Å². The molecule has 1 aliphatic rings. The second-order valence-corrected chi connectivity index (χ2v) is 5.70. The van der Waals surface area contributed by atoms with Crippen LogP contribution in [0.15, 0.2) is 17.5 Å². The van der Waals surface area contributed by atoms with Crippen LogP contribution < -0.4 is 5.32 Å². The summed E-state index contributed by atoms with van der Waals surface area (Å²) in [5.41, 5.74) is 0. The molecule has 0 aliphatic carbocycles. The average Bonchev–Trinajstić information content (AvgIpc) is 3.16. The molecule has 2 heterocycles. The van der Waals surface area contributed by atoms with Crippen molar-refractivity contribution in [2.24, 2.45) is 0 Å². The minimum atomic E-state index is -0.476. The van der Waals surface area contributed by atoms with Crippen molar-refractivity contribution in [3.8, 4) is 0 Å². The van der Waals surface area contributed by atoms with E-state index in [4.69, 9.17) is 4.74 Å². The maximum atomic E-state index is 12.1. The number of thiophene rings is 1. The lowest BCUT2D eigenvalue weighted by atomic mass is 10.2. The zero-order valence-electron chi connectivity index (χ0n) is 11.8. The molecule has 1 saturated heterocycles. The summed E-state index contributed by atoms with van der Waals surface area (Å²) in [6.45, 7) is 0.831. The molecule has 0 saturated carbocycles. The zero-order valence-corrected chi connectivity index (χ0v) is 12.6. The Morgan fingerprint density at radius 3 is 2.95 bits per heavy atom. The molecule has 0 bridgehead atoms. The zero-order chi connectivity index (χ0) is 15.2. The molecule has 2 rings (SSSR count). The van der Waals surface area contributed by atoms with Gasteiger partial charge in [0.15, 0.2) is 0 Å². The number of carbonyl (C=O) groups excluding carboxylic acids is 3. The molecule has 7 heteroatoms. The summed E-state index contributed by atoms with van der Waals surface area (Å²) in [5, 5.41) is 4.53. The number of nitrogens with zero attached hydrogens (tertiary/aromatic N) is 1. The highest BCUT2D eigenvalue weighted by Crippen LogP contribution is 2.19. The standard InChI is InChI=1S/C14H18N2O4S/c1-20-14(19)10-4-2-8-16(10)12(17)6-7-15-13(18)11-5-3-9-21-11/h3,5,9-10H,2,4,6-8H2,1H3,(H,15,18). The van der Waals surface area contributed by atoms with Gasteiger partial charge in [-0.3, -0.25) is 9.59 Å². The normalized spacial score (nSPS) is 17.6. The third kappa shape index (κ3) is 3.81. The number of rotatable bonds is 5. The molecule has 1 N–H and O–H groups in total. The van der Waals surface area contributed by atoms with Crippen molar-refractivity contribution in [2.45, 2.75) is 25.3 Å². The van der Waals surface area contributed by atoms with Crippen LogP contribution in [0, 0.1) is 0 Å². The van der Waals surface area contributed by atoms with E-state index in [-0.39, 0.29) is 30.7 Å². The van der Waals surface area contributed by atoms with E-state index in [2.05, 4.69) is 5.32 Å². The monoisotopic (exact) mass is 310 g/mol. The number of nitrogens with one attached hydrogen (secondary N) is 1. The van der Waals surface area contributed by atoms with Crippen molar-refractivity contribution in [1.82, 2.24) is 10.2 Å². The maximum absolute atomic E-state index is 12.1. The lowest BCUT2D eigenvalue weighted by Crippen LogP contribution is -2.42. The quantitative estimate of drug-likeness (QED) is 0.824. The van der Waals surface area contributed by atoms with E-state index >= 15 is 0 Å². The van der Waals surface area contributed by atoms with Crippen LogP contribution in [-0.2, 0) is 14.3 Å². The van der Waals surface area contributed by atoms with E-state index in [1.165, 1.54) is 18.4 Å². The molecule has 1 unspecified atom stereocenters. The fourth-order valence-electron chi connectivity index (χ4n) is 2.37. The van der Waals surface area contributed by atoms with Gasteiger partial charge in [-0.15, -0.1) is 11.3 Å². The predicted molar refractivity (Wildman–Crippen MR) is 78.0 cm³/mol. The molecule has 1 aromatic rings. The molecule has 1 atom stereocenters. The van der Waals surface area contributed by atoms with Crippen molar-refractivity contribution >= 4 is 29.1 Å². The predicted octanol–water partition coefficient (Wildman–Crippen LogP) is 1.03. The Balaban J connectivity index is 1.79. The fourth-order valence-corrected chi connectivity index (χ4v) is 3.01. The van der Waals surface area contributed by atoms with Gasteiger partial charge in [0.2, 0.25) is 5.91 Å². The van der Waals surface area contributed by atoms with Gasteiger partial charge in [0.1, 0.15) is 6.04 Å². The molecule has 1 aromatic heterocycles. The third-order valence-electron chi connectivity index (χ3n) is 3.42. The van der Waals surface area contributed by atoms with Crippen LogP contribution in [0.1, 0.15) is 28.9 Å². The first-order valence-electron chi connectivity index (χ1n) is 6.82. The Kier molecular flexibility index (Phi) is 5.32. The van der Waals surface area contributed by atoms with Crippen molar-refractivity contribution in [2.75, 3.05) is 20.2 Å². The highest BCUT2D eigenvalue weighted by atomic mass is 32.1. The minimum Gasteiger partial charge on any atom is -0.467 e. The molecule has 0 aromatic carbocycles. The van der Waals surface area contributed by atoms with Crippen molar-refractivity contribution in [1.29, 1.82) is 0 Å². The van der Waals surface area contributed by atoms with Crippen LogP contribution in [0.2, 0.25) is 0 Å². The van der Waals surface area contributed by atoms with E-state index in [9.17, 15) is 14.4 Å². The highest BCUT2D eigenvalue weighted by Gasteiger charge is 2.34. The second-order valence-electron chi connectivity index (χ2n) is 4.75. The van der Waals surface area contributed by atoms with Crippen LogP contribution in [0.5, 0.6) is 0 Å². The van der Waals surface area contributed by atoms with Crippen LogP contribution in [-0.4, -0.2) is 48.9 Å². The number of likely N-dealkylation sites (tertiary alicyclic amines) is 1. The van der Waals surface area contributed by atoms with Gasteiger partial charge in [0, 0.05) is 19.5 Å². The van der Waals surface area contributed by atoms with Gasteiger partial charge in [-0.2, -0.15) is 0 Å². The van der Waals surface area contributed by atoms with Gasteiger partial charge in [-0.25, -0.2) is 4.79 Å². The Morgan fingerprint density at radius 2 is 2.29 bits per heavy atom. The van der Waals surface area contributed by atoms with Gasteiger partial charge in [0.05, 0.1) is 12.0 Å². The number of hydrogen-bond acceptors (Lipinski definition) is 5. The smallest absolute Gasteiger partial charge is 0.328 e. The Hall–Kier alpha value is -1.89. The molecule has 21 heavy (non-hydrogen) atoms. The lowest BCUT2D eigenvalue weighted by Gasteiger charge is -2.22. The Bertz CT molecular complexity index is 515. The number of esters is 1. The lowest BCUT2D eigenvalue weighted by molar-refractivity contribution is -0.150. The molecule has 114 valence electrons. The number of amides is 2. The molecular weight excluding hydrogens is 292 g/mol. The minimum absolute atomic E-state index is 0.130. The van der Waals surface area contributed by atoms with Crippen LogP contribution in [0.3, 0.4) is 0 Å². The van der Waals surface area contributed by atoms with Crippen LogP contribution >= 0.6 is 11.3 Å². The van der Waals surface area contributed by atoms with Crippen molar-refractivity contribution in [3.05, 3.63) is 22.4 Å². The molecule has 6 nitrogen and oxygen atoms in total. The van der Waals surface area contributed by atoms with Crippen molar-refractivity contribution < 1.29 is 19.1 Å². The first-order valence-corrected chi connectivity index (χ1v) is 7.70. The first kappa shape index (κ1) is 15.5. The number of ether oxygens (including phenoxy) is 1. The topological polar surface area (TPSA) is 75.7 Å².